The van der Waals surface area contributed by atoms with E-state index in [1.165, 1.54) is 12.8 Å². The van der Waals surface area contributed by atoms with E-state index < -0.39 is 0 Å². The number of rotatable bonds is 4. The van der Waals surface area contributed by atoms with E-state index in [0.29, 0.717) is 30.0 Å². The Morgan fingerprint density at radius 1 is 1.06 bits per heavy atom. The molecule has 2 aliphatic rings. The van der Waals surface area contributed by atoms with Crippen LogP contribution in [0.25, 0.3) is 39.0 Å². The second kappa shape index (κ2) is 8.03. The summed E-state index contributed by atoms with van der Waals surface area (Å²) in [6.45, 7) is 5.14. The molecule has 0 radical (unpaired) electrons. The van der Waals surface area contributed by atoms with Crippen LogP contribution in [0.15, 0.2) is 42.6 Å². The Morgan fingerprint density at radius 3 is 2.74 bits per heavy atom. The van der Waals surface area contributed by atoms with Gasteiger partial charge in [-0.05, 0) is 44.0 Å². The Bertz CT molecular complexity index is 1580. The molecular formula is C26H24ClN7O. The molecule has 0 bridgehead atoms. The molecule has 7 rings (SSSR count). The molecule has 4 heterocycles. The SMILES string of the molecule is Cc1nc2c(-c3n[nH]c(C4CC4)n3)cc(N3CCOCC3)cc2n1-c1ccnc2c(Cl)cccc12. The number of para-hydroxylation sites is 1. The molecule has 3 aromatic heterocycles. The predicted molar refractivity (Wildman–Crippen MR) is 137 cm³/mol. The smallest absolute Gasteiger partial charge is 0.183 e. The van der Waals surface area contributed by atoms with Gasteiger partial charge in [-0.15, -0.1) is 0 Å². The lowest BCUT2D eigenvalue weighted by Gasteiger charge is -2.29. The third kappa shape index (κ3) is 3.47. The Morgan fingerprint density at radius 2 is 1.91 bits per heavy atom. The van der Waals surface area contributed by atoms with Crippen molar-refractivity contribution in [2.24, 2.45) is 0 Å². The van der Waals surface area contributed by atoms with Gasteiger partial charge in [0.1, 0.15) is 17.2 Å². The summed E-state index contributed by atoms with van der Waals surface area (Å²) in [7, 11) is 0. The first-order chi connectivity index (χ1) is 17.2. The van der Waals surface area contributed by atoms with E-state index in [0.717, 1.165) is 63.6 Å². The highest BCUT2D eigenvalue weighted by atomic mass is 35.5. The second-order valence-corrected chi connectivity index (χ2v) is 9.65. The van der Waals surface area contributed by atoms with Gasteiger partial charge >= 0.3 is 0 Å². The van der Waals surface area contributed by atoms with Crippen molar-refractivity contribution >= 4 is 39.2 Å². The van der Waals surface area contributed by atoms with Crippen LogP contribution in [0.5, 0.6) is 0 Å². The van der Waals surface area contributed by atoms with Crippen LogP contribution in [0.3, 0.4) is 0 Å². The number of nitrogens with one attached hydrogen (secondary N) is 1. The van der Waals surface area contributed by atoms with E-state index in [1.54, 1.807) is 6.20 Å². The summed E-state index contributed by atoms with van der Waals surface area (Å²) < 4.78 is 7.80. The minimum Gasteiger partial charge on any atom is -0.378 e. The van der Waals surface area contributed by atoms with Gasteiger partial charge in [-0.1, -0.05) is 23.7 Å². The summed E-state index contributed by atoms with van der Waals surface area (Å²) in [5.74, 6) is 3.04. The number of aromatic amines is 1. The minimum absolute atomic E-state index is 0.501. The van der Waals surface area contributed by atoms with Crippen LogP contribution in [0, 0.1) is 6.92 Å². The number of aryl methyl sites for hydroxylation is 1. The summed E-state index contributed by atoms with van der Waals surface area (Å²) in [6.07, 6.45) is 4.14. The molecule has 1 saturated heterocycles. The van der Waals surface area contributed by atoms with Gasteiger partial charge in [0.05, 0.1) is 40.5 Å². The number of hydrogen-bond acceptors (Lipinski definition) is 6. The van der Waals surface area contributed by atoms with Crippen molar-refractivity contribution in [2.45, 2.75) is 25.7 Å². The number of ether oxygens (including phenoxy) is 1. The molecule has 0 atom stereocenters. The summed E-state index contributed by atoms with van der Waals surface area (Å²) in [4.78, 5) is 16.8. The Kier molecular flexibility index (Phi) is 4.78. The van der Waals surface area contributed by atoms with Gasteiger partial charge in [0.15, 0.2) is 5.82 Å². The van der Waals surface area contributed by atoms with Crippen LogP contribution < -0.4 is 4.90 Å². The number of benzene rings is 2. The van der Waals surface area contributed by atoms with E-state index in [2.05, 4.69) is 42.8 Å². The van der Waals surface area contributed by atoms with E-state index in [1.807, 2.05) is 25.1 Å². The van der Waals surface area contributed by atoms with Crippen LogP contribution in [-0.2, 0) is 4.74 Å². The Labute approximate surface area is 206 Å². The average molecular weight is 486 g/mol. The zero-order valence-electron chi connectivity index (χ0n) is 19.3. The number of H-pyrrole nitrogens is 1. The molecule has 5 aromatic rings. The Hall–Kier alpha value is -3.49. The number of fused-ring (bicyclic) bond motifs is 2. The summed E-state index contributed by atoms with van der Waals surface area (Å²) in [5.41, 5.74) is 5.72. The minimum atomic E-state index is 0.501. The highest BCUT2D eigenvalue weighted by molar-refractivity contribution is 6.35. The summed E-state index contributed by atoms with van der Waals surface area (Å²) in [5, 5.41) is 9.38. The highest BCUT2D eigenvalue weighted by Crippen LogP contribution is 2.40. The fourth-order valence-corrected chi connectivity index (χ4v) is 5.23. The van der Waals surface area contributed by atoms with Gasteiger partial charge in [0.2, 0.25) is 0 Å². The van der Waals surface area contributed by atoms with Gasteiger partial charge in [0.25, 0.3) is 0 Å². The van der Waals surface area contributed by atoms with Crippen LogP contribution in [0.2, 0.25) is 5.02 Å². The van der Waals surface area contributed by atoms with Crippen molar-refractivity contribution in [3.63, 3.8) is 0 Å². The number of nitrogens with zero attached hydrogens (tertiary/aromatic N) is 6. The normalized spacial score (nSPS) is 16.5. The zero-order valence-corrected chi connectivity index (χ0v) is 20.1. The van der Waals surface area contributed by atoms with Crippen molar-refractivity contribution in [3.05, 3.63) is 59.3 Å². The molecule has 1 aliphatic carbocycles. The first-order valence-electron chi connectivity index (χ1n) is 12.0. The van der Waals surface area contributed by atoms with Crippen LogP contribution in [0.4, 0.5) is 5.69 Å². The number of halogens is 1. The maximum absolute atomic E-state index is 6.49. The molecule has 1 N–H and O–H groups in total. The van der Waals surface area contributed by atoms with Crippen molar-refractivity contribution in [2.75, 3.05) is 31.2 Å². The lowest BCUT2D eigenvalue weighted by Crippen LogP contribution is -2.36. The molecule has 176 valence electrons. The van der Waals surface area contributed by atoms with Crippen LogP contribution >= 0.6 is 11.6 Å². The second-order valence-electron chi connectivity index (χ2n) is 9.24. The molecular weight excluding hydrogens is 462 g/mol. The zero-order chi connectivity index (χ0) is 23.5. The molecule has 2 aromatic carbocycles. The predicted octanol–water partition coefficient (Wildman–Crippen LogP) is 5.03. The topological polar surface area (TPSA) is 84.8 Å². The van der Waals surface area contributed by atoms with Crippen molar-refractivity contribution in [1.29, 1.82) is 0 Å². The lowest BCUT2D eigenvalue weighted by molar-refractivity contribution is 0.122. The number of hydrogen-bond donors (Lipinski definition) is 1. The van der Waals surface area contributed by atoms with Gasteiger partial charge in [-0.25, -0.2) is 9.97 Å². The number of anilines is 1. The van der Waals surface area contributed by atoms with E-state index >= 15 is 0 Å². The average Bonchev–Trinajstić information content (AvgIpc) is 3.52. The molecule has 0 unspecified atom stereocenters. The number of pyridine rings is 1. The van der Waals surface area contributed by atoms with Crippen molar-refractivity contribution in [3.8, 4) is 17.1 Å². The van der Waals surface area contributed by atoms with E-state index in [4.69, 9.17) is 26.3 Å². The maximum Gasteiger partial charge on any atom is 0.183 e. The molecule has 0 amide bonds. The van der Waals surface area contributed by atoms with Crippen LogP contribution in [-0.4, -0.2) is 56.0 Å². The number of aromatic nitrogens is 6. The van der Waals surface area contributed by atoms with E-state index in [-0.39, 0.29) is 0 Å². The fraction of sp³-hybridized carbons (Fsp3) is 0.308. The number of morpholine rings is 1. The third-order valence-corrected chi connectivity index (χ3v) is 7.24. The molecule has 9 heteroatoms. The standard InChI is InChI=1S/C26H24ClN7O/c1-15-29-24-19(26-30-25(31-32-26)16-5-6-16)13-17(33-9-11-35-12-10-33)14-22(24)34(15)21-7-8-28-23-18(21)3-2-4-20(23)27/h2-4,7-8,13-14,16H,5-6,9-12H2,1H3,(H,30,31,32). The Balaban J connectivity index is 1.49. The van der Waals surface area contributed by atoms with Crippen molar-refractivity contribution < 1.29 is 4.74 Å². The van der Waals surface area contributed by atoms with Gasteiger partial charge < -0.3 is 9.64 Å². The summed E-state index contributed by atoms with van der Waals surface area (Å²) in [6, 6.07) is 12.3. The van der Waals surface area contributed by atoms with Gasteiger partial charge in [0, 0.05) is 36.3 Å². The fourth-order valence-electron chi connectivity index (χ4n) is 5.01. The molecule has 8 nitrogen and oxygen atoms in total. The molecule has 1 aliphatic heterocycles. The monoisotopic (exact) mass is 485 g/mol. The quantitative estimate of drug-likeness (QED) is 0.384. The van der Waals surface area contributed by atoms with E-state index in [9.17, 15) is 0 Å². The van der Waals surface area contributed by atoms with Crippen molar-refractivity contribution in [1.82, 2.24) is 29.7 Å². The molecule has 2 fully saturated rings. The van der Waals surface area contributed by atoms with Crippen LogP contribution in [0.1, 0.15) is 30.4 Å². The van der Waals surface area contributed by atoms with Gasteiger partial charge in [-0.3, -0.25) is 14.6 Å². The van der Waals surface area contributed by atoms with Gasteiger partial charge in [-0.2, -0.15) is 5.10 Å². The lowest BCUT2D eigenvalue weighted by atomic mass is 10.1. The maximum atomic E-state index is 6.49. The first kappa shape index (κ1) is 20.8. The third-order valence-electron chi connectivity index (χ3n) is 6.94. The highest BCUT2D eigenvalue weighted by Gasteiger charge is 2.28. The molecule has 1 saturated carbocycles. The molecule has 35 heavy (non-hydrogen) atoms. The first-order valence-corrected chi connectivity index (χ1v) is 12.4. The largest absolute Gasteiger partial charge is 0.378 e. The number of imidazole rings is 1. The molecule has 0 spiro atoms. The summed E-state index contributed by atoms with van der Waals surface area (Å²) >= 11 is 6.49.